The van der Waals surface area contributed by atoms with E-state index >= 15 is 0 Å². The van der Waals surface area contributed by atoms with Crippen LogP contribution in [-0.2, 0) is 14.3 Å². The largest absolute Gasteiger partial charge is 0.467 e. The van der Waals surface area contributed by atoms with Gasteiger partial charge < -0.3 is 14.8 Å². The first-order valence-corrected chi connectivity index (χ1v) is 7.30. The van der Waals surface area contributed by atoms with E-state index in [2.05, 4.69) is 15.4 Å². The third-order valence-electron chi connectivity index (χ3n) is 2.84. The van der Waals surface area contributed by atoms with Crippen LogP contribution in [0.5, 0.6) is 0 Å². The SMILES string of the molecule is CCC(Nc1ccc(F)c(NC(=O)OC(C)(C)C)c1)C(=O)OC. The van der Waals surface area contributed by atoms with Crippen molar-refractivity contribution in [2.75, 3.05) is 17.7 Å². The molecule has 0 radical (unpaired) electrons. The van der Waals surface area contributed by atoms with E-state index < -0.39 is 29.5 Å². The minimum absolute atomic E-state index is 0.0380. The summed E-state index contributed by atoms with van der Waals surface area (Å²) in [6, 6.07) is 3.50. The molecular weight excluding hydrogens is 303 g/mol. The molecule has 0 saturated heterocycles. The minimum Gasteiger partial charge on any atom is -0.467 e. The van der Waals surface area contributed by atoms with Gasteiger partial charge in [0.25, 0.3) is 0 Å². The number of halogens is 1. The van der Waals surface area contributed by atoms with Crippen LogP contribution in [0.1, 0.15) is 34.1 Å². The Morgan fingerprint density at radius 2 is 1.96 bits per heavy atom. The predicted molar refractivity (Wildman–Crippen MR) is 86.0 cm³/mol. The lowest BCUT2D eigenvalue weighted by atomic mass is 10.2. The van der Waals surface area contributed by atoms with Crippen LogP contribution in [0.15, 0.2) is 18.2 Å². The van der Waals surface area contributed by atoms with E-state index in [4.69, 9.17) is 4.74 Å². The molecule has 0 heterocycles. The summed E-state index contributed by atoms with van der Waals surface area (Å²) >= 11 is 0. The van der Waals surface area contributed by atoms with Crippen LogP contribution in [0.3, 0.4) is 0 Å². The van der Waals surface area contributed by atoms with Crippen LogP contribution < -0.4 is 10.6 Å². The van der Waals surface area contributed by atoms with Gasteiger partial charge in [-0.3, -0.25) is 5.32 Å². The molecule has 1 atom stereocenters. The van der Waals surface area contributed by atoms with Gasteiger partial charge in [-0.2, -0.15) is 0 Å². The summed E-state index contributed by atoms with van der Waals surface area (Å²) in [6.45, 7) is 6.95. The summed E-state index contributed by atoms with van der Waals surface area (Å²) < 4.78 is 23.6. The van der Waals surface area contributed by atoms with Crippen LogP contribution in [0.25, 0.3) is 0 Å². The first-order valence-electron chi connectivity index (χ1n) is 7.30. The number of nitrogens with one attached hydrogen (secondary N) is 2. The Morgan fingerprint density at radius 1 is 1.30 bits per heavy atom. The molecule has 7 heteroatoms. The summed E-state index contributed by atoms with van der Waals surface area (Å²) in [4.78, 5) is 23.3. The van der Waals surface area contributed by atoms with Crippen LogP contribution in [0.4, 0.5) is 20.6 Å². The maximum Gasteiger partial charge on any atom is 0.412 e. The van der Waals surface area contributed by atoms with Crippen molar-refractivity contribution < 1.29 is 23.5 Å². The lowest BCUT2D eigenvalue weighted by Gasteiger charge is -2.20. The van der Waals surface area contributed by atoms with E-state index in [0.717, 1.165) is 0 Å². The smallest absolute Gasteiger partial charge is 0.412 e. The molecule has 1 aromatic rings. The average Bonchev–Trinajstić information content (AvgIpc) is 2.45. The number of hydrogen-bond acceptors (Lipinski definition) is 5. The second-order valence-corrected chi connectivity index (χ2v) is 5.95. The molecule has 2 N–H and O–H groups in total. The van der Waals surface area contributed by atoms with Crippen molar-refractivity contribution >= 4 is 23.4 Å². The van der Waals surface area contributed by atoms with Crippen LogP contribution in [0.2, 0.25) is 0 Å². The van der Waals surface area contributed by atoms with Gasteiger partial charge in [0.1, 0.15) is 17.5 Å². The molecule has 6 nitrogen and oxygen atoms in total. The van der Waals surface area contributed by atoms with Crippen molar-refractivity contribution in [2.24, 2.45) is 0 Å². The van der Waals surface area contributed by atoms with E-state index in [1.54, 1.807) is 20.8 Å². The number of rotatable bonds is 5. The number of esters is 1. The molecule has 0 aromatic heterocycles. The molecule has 0 spiro atoms. The summed E-state index contributed by atoms with van der Waals surface area (Å²) in [5.41, 5.74) is -0.243. The molecule has 0 aliphatic rings. The Hall–Kier alpha value is -2.31. The lowest BCUT2D eigenvalue weighted by molar-refractivity contribution is -0.141. The molecule has 1 aromatic carbocycles. The third-order valence-corrected chi connectivity index (χ3v) is 2.84. The maximum absolute atomic E-state index is 13.8. The van der Waals surface area contributed by atoms with E-state index in [0.29, 0.717) is 12.1 Å². The second kappa shape index (κ2) is 7.80. The van der Waals surface area contributed by atoms with E-state index in [9.17, 15) is 14.0 Å². The topological polar surface area (TPSA) is 76.7 Å². The first-order chi connectivity index (χ1) is 10.7. The van der Waals surface area contributed by atoms with Gasteiger partial charge in [-0.15, -0.1) is 0 Å². The summed E-state index contributed by atoms with van der Waals surface area (Å²) in [5, 5.41) is 5.28. The van der Waals surface area contributed by atoms with Crippen molar-refractivity contribution in [1.82, 2.24) is 0 Å². The highest BCUT2D eigenvalue weighted by atomic mass is 19.1. The maximum atomic E-state index is 13.8. The fraction of sp³-hybridized carbons (Fsp3) is 0.500. The molecule has 0 aliphatic heterocycles. The standard InChI is InChI=1S/C16H23FN2O4/c1-6-12(14(20)22-5)18-10-7-8-11(17)13(9-10)19-15(21)23-16(2,3)4/h7-9,12,18H,6H2,1-5H3,(H,19,21). The van der Waals surface area contributed by atoms with Gasteiger partial charge in [-0.05, 0) is 45.4 Å². The fourth-order valence-electron chi connectivity index (χ4n) is 1.80. The molecule has 23 heavy (non-hydrogen) atoms. The highest BCUT2D eigenvalue weighted by molar-refractivity contribution is 5.86. The highest BCUT2D eigenvalue weighted by Crippen LogP contribution is 2.22. The van der Waals surface area contributed by atoms with Crippen molar-refractivity contribution in [3.63, 3.8) is 0 Å². The Kier molecular flexibility index (Phi) is 6.36. The predicted octanol–water partition coefficient (Wildman–Crippen LogP) is 3.54. The lowest BCUT2D eigenvalue weighted by Crippen LogP contribution is -2.30. The van der Waals surface area contributed by atoms with E-state index in [1.807, 2.05) is 6.92 Å². The summed E-state index contributed by atoms with van der Waals surface area (Å²) in [7, 11) is 1.30. The monoisotopic (exact) mass is 326 g/mol. The summed E-state index contributed by atoms with van der Waals surface area (Å²) in [5.74, 6) is -1.02. The van der Waals surface area contributed by atoms with Crippen molar-refractivity contribution in [1.29, 1.82) is 0 Å². The first kappa shape index (κ1) is 18.7. The molecular formula is C16H23FN2O4. The molecule has 0 aliphatic carbocycles. The molecule has 0 fully saturated rings. The molecule has 1 rings (SSSR count). The Morgan fingerprint density at radius 3 is 2.48 bits per heavy atom. The summed E-state index contributed by atoms with van der Waals surface area (Å²) in [6.07, 6.45) is -0.257. The van der Waals surface area contributed by atoms with E-state index in [-0.39, 0.29) is 5.69 Å². The second-order valence-electron chi connectivity index (χ2n) is 5.95. The van der Waals surface area contributed by atoms with Gasteiger partial charge >= 0.3 is 12.1 Å². The molecule has 0 saturated carbocycles. The number of amides is 1. The fourth-order valence-corrected chi connectivity index (χ4v) is 1.80. The van der Waals surface area contributed by atoms with Gasteiger partial charge in [-0.25, -0.2) is 14.0 Å². The molecule has 1 amide bonds. The zero-order chi connectivity index (χ0) is 17.6. The zero-order valence-electron chi connectivity index (χ0n) is 14.0. The normalized spacial score (nSPS) is 12.3. The van der Waals surface area contributed by atoms with Crippen molar-refractivity contribution in [3.8, 4) is 0 Å². The highest BCUT2D eigenvalue weighted by Gasteiger charge is 2.19. The van der Waals surface area contributed by atoms with Gasteiger partial charge in [0.2, 0.25) is 0 Å². The number of hydrogen-bond donors (Lipinski definition) is 2. The van der Waals surface area contributed by atoms with Crippen LogP contribution in [0, 0.1) is 5.82 Å². The Labute approximate surface area is 135 Å². The van der Waals surface area contributed by atoms with Gasteiger partial charge in [0.05, 0.1) is 12.8 Å². The quantitative estimate of drug-likeness (QED) is 0.809. The average molecular weight is 326 g/mol. The Bertz CT molecular complexity index is 570. The number of carbonyl (C=O) groups excluding carboxylic acids is 2. The number of anilines is 2. The third kappa shape index (κ3) is 6.14. The number of methoxy groups -OCH3 is 1. The van der Waals surface area contributed by atoms with Crippen LogP contribution >= 0.6 is 0 Å². The van der Waals surface area contributed by atoms with Gasteiger partial charge in [0, 0.05) is 5.69 Å². The van der Waals surface area contributed by atoms with Gasteiger partial charge in [-0.1, -0.05) is 6.92 Å². The number of benzene rings is 1. The van der Waals surface area contributed by atoms with Gasteiger partial charge in [0.15, 0.2) is 0 Å². The minimum atomic E-state index is -0.756. The van der Waals surface area contributed by atoms with E-state index in [1.165, 1.54) is 25.3 Å². The number of ether oxygens (including phenoxy) is 2. The van der Waals surface area contributed by atoms with Crippen molar-refractivity contribution in [3.05, 3.63) is 24.0 Å². The van der Waals surface area contributed by atoms with Crippen molar-refractivity contribution in [2.45, 2.75) is 45.8 Å². The number of carbonyl (C=O) groups is 2. The molecule has 128 valence electrons. The molecule has 1 unspecified atom stereocenters. The molecule has 0 bridgehead atoms. The van der Waals surface area contributed by atoms with Crippen LogP contribution in [-0.4, -0.2) is 30.8 Å². The zero-order valence-corrected chi connectivity index (χ0v) is 14.0. The Balaban J connectivity index is 2.87.